The van der Waals surface area contributed by atoms with Crippen LogP contribution in [0.3, 0.4) is 0 Å². The number of piperazine rings is 1. The van der Waals surface area contributed by atoms with E-state index in [0.29, 0.717) is 0 Å². The third kappa shape index (κ3) is 2.21. The monoisotopic (exact) mass is 524 g/mol. The van der Waals surface area contributed by atoms with E-state index in [9.17, 15) is 14.7 Å². The first-order valence-corrected chi connectivity index (χ1v) is 15.1. The van der Waals surface area contributed by atoms with E-state index >= 15 is 0 Å². The Morgan fingerprint density at radius 1 is 1.00 bits per heavy atom. The minimum absolute atomic E-state index is 0.123. The molecular weight excluding hydrogens is 501 g/mol. The van der Waals surface area contributed by atoms with Crippen molar-refractivity contribution in [3.63, 3.8) is 0 Å². The highest BCUT2D eigenvalue weighted by atomic mass is 33.5. The molecule has 180 valence electrons. The first kappa shape index (κ1) is 22.0. The van der Waals surface area contributed by atoms with Gasteiger partial charge >= 0.3 is 0 Å². The Morgan fingerprint density at radius 3 is 2.54 bits per heavy atom. The molecule has 2 bridgehead atoms. The molecule has 3 aromatic rings. The summed E-state index contributed by atoms with van der Waals surface area (Å²) in [6.07, 6.45) is 0.128. The third-order valence-electron chi connectivity index (χ3n) is 8.29. The van der Waals surface area contributed by atoms with Crippen LogP contribution < -0.4 is 5.32 Å². The van der Waals surface area contributed by atoms with Crippen LogP contribution in [0.15, 0.2) is 54.7 Å². The van der Waals surface area contributed by atoms with Gasteiger partial charge in [-0.1, -0.05) is 50.2 Å². The second-order valence-corrected chi connectivity index (χ2v) is 14.3. The molecule has 1 spiro atoms. The van der Waals surface area contributed by atoms with Crippen molar-refractivity contribution in [1.29, 1.82) is 0 Å². The van der Waals surface area contributed by atoms with Crippen LogP contribution in [0, 0.1) is 5.92 Å². The molecule has 0 saturated carbocycles. The highest BCUT2D eigenvalue weighted by Crippen LogP contribution is 2.70. The zero-order chi connectivity index (χ0) is 24.3. The van der Waals surface area contributed by atoms with Gasteiger partial charge in [0.15, 0.2) is 4.87 Å². The first-order chi connectivity index (χ1) is 16.8. The van der Waals surface area contributed by atoms with E-state index in [1.165, 1.54) is 31.4 Å². The fourth-order valence-electron chi connectivity index (χ4n) is 6.69. The second kappa shape index (κ2) is 6.94. The van der Waals surface area contributed by atoms with Gasteiger partial charge in [0.05, 0.1) is 5.41 Å². The molecular formula is C25H24N4O3S3. The van der Waals surface area contributed by atoms with E-state index < -0.39 is 27.4 Å². The van der Waals surface area contributed by atoms with Crippen molar-refractivity contribution in [3.05, 3.63) is 65.9 Å². The predicted octanol–water partition coefficient (Wildman–Crippen LogP) is 3.97. The number of aliphatic hydroxyl groups is 1. The van der Waals surface area contributed by atoms with Crippen molar-refractivity contribution < 1.29 is 14.7 Å². The molecule has 3 N–H and O–H groups in total. The predicted molar refractivity (Wildman–Crippen MR) is 142 cm³/mol. The number of aromatic nitrogens is 1. The maximum absolute atomic E-state index is 14.5. The Kier molecular flexibility index (Phi) is 4.35. The molecule has 5 aliphatic heterocycles. The first-order valence-electron chi connectivity index (χ1n) is 11.6. The molecule has 10 heteroatoms. The number of hydrogen-bond acceptors (Lipinski definition) is 7. The summed E-state index contributed by atoms with van der Waals surface area (Å²) in [5, 5.41) is 17.1. The number of rotatable bonds is 2. The smallest absolute Gasteiger partial charge is 0.264 e. The summed E-state index contributed by atoms with van der Waals surface area (Å²) in [5.74, 6) is -0.487. The molecule has 8 rings (SSSR count). The van der Waals surface area contributed by atoms with E-state index in [1.54, 1.807) is 16.8 Å². The standard InChI is InChI=1S/C25H24N4O3S3/c1-13(2)24-22(32)29-20-23(15-9-5-7-11-18(15)27-20,16-12-26-17-10-6-4-8-14(16)17)19(30)25(29,34-35-33-24)21(31)28(24)3/h4-13,19-20,26-27,30H,1-3H3/t19-,20+,23?,24+,25-/m0/s1. The Bertz CT molecular complexity index is 1430. The molecule has 1 unspecified atom stereocenters. The van der Waals surface area contributed by atoms with Gasteiger partial charge in [-0.25, -0.2) is 0 Å². The van der Waals surface area contributed by atoms with Crippen LogP contribution in [-0.4, -0.2) is 60.8 Å². The van der Waals surface area contributed by atoms with Crippen molar-refractivity contribution in [3.8, 4) is 0 Å². The molecule has 1 aromatic heterocycles. The van der Waals surface area contributed by atoms with E-state index in [-0.39, 0.29) is 17.7 Å². The largest absolute Gasteiger partial charge is 0.388 e. The van der Waals surface area contributed by atoms with Crippen molar-refractivity contribution in [2.24, 2.45) is 5.92 Å². The summed E-state index contributed by atoms with van der Waals surface area (Å²) in [5.41, 5.74) is 2.56. The van der Waals surface area contributed by atoms with Gasteiger partial charge in [0.25, 0.3) is 11.8 Å². The molecule has 5 atom stereocenters. The highest BCUT2D eigenvalue weighted by Gasteiger charge is 2.81. The van der Waals surface area contributed by atoms with Crippen molar-refractivity contribution >= 4 is 59.8 Å². The third-order valence-corrected chi connectivity index (χ3v) is 13.6. The normalized spacial score (nSPS) is 35.3. The van der Waals surface area contributed by atoms with Crippen LogP contribution in [-0.2, 0) is 15.0 Å². The number of aromatic amines is 1. The summed E-state index contributed by atoms with van der Waals surface area (Å²) in [7, 11) is 5.87. The summed E-state index contributed by atoms with van der Waals surface area (Å²) in [4.78, 5) is 33.0. The van der Waals surface area contributed by atoms with Crippen molar-refractivity contribution in [2.75, 3.05) is 12.4 Å². The topological polar surface area (TPSA) is 88.7 Å². The van der Waals surface area contributed by atoms with Crippen LogP contribution in [0.2, 0.25) is 0 Å². The highest BCUT2D eigenvalue weighted by molar-refractivity contribution is 9.10. The zero-order valence-electron chi connectivity index (χ0n) is 19.3. The second-order valence-electron chi connectivity index (χ2n) is 9.93. The van der Waals surface area contributed by atoms with Crippen LogP contribution in [0.4, 0.5) is 5.69 Å². The molecule has 4 saturated heterocycles. The summed E-state index contributed by atoms with van der Waals surface area (Å²) in [6, 6.07) is 15.9. The van der Waals surface area contributed by atoms with Crippen molar-refractivity contribution in [1.82, 2.24) is 14.8 Å². The molecule has 2 amide bonds. The minimum Gasteiger partial charge on any atom is -0.388 e. The maximum atomic E-state index is 14.5. The lowest BCUT2D eigenvalue weighted by molar-refractivity contribution is -0.168. The molecule has 6 heterocycles. The fraction of sp³-hybridized carbons (Fsp3) is 0.360. The number of nitrogens with one attached hydrogen (secondary N) is 2. The SMILES string of the molecule is CC(C)[C@]12SSS[C@]3(C(=O)N1C)[C@@H](O)C1(c4c[nH]c5ccccc45)c4ccccc4N[C@@H]1N3C2=O. The van der Waals surface area contributed by atoms with Crippen LogP contribution >= 0.6 is 31.4 Å². The summed E-state index contributed by atoms with van der Waals surface area (Å²) < 4.78 is 0. The minimum atomic E-state index is -1.46. The van der Waals surface area contributed by atoms with Gasteiger partial charge in [0, 0.05) is 29.8 Å². The molecule has 2 aromatic carbocycles. The summed E-state index contributed by atoms with van der Waals surface area (Å²) >= 11 is 0. The van der Waals surface area contributed by atoms with Crippen LogP contribution in [0.25, 0.3) is 10.9 Å². The number of para-hydroxylation sites is 2. The number of benzene rings is 2. The Labute approximate surface area is 214 Å². The lowest BCUT2D eigenvalue weighted by Gasteiger charge is -2.52. The van der Waals surface area contributed by atoms with Gasteiger partial charge in [-0.15, -0.1) is 0 Å². The molecule has 7 nitrogen and oxygen atoms in total. The number of likely N-dealkylation sites (N-methyl/N-ethyl adjacent to an activating group) is 1. The van der Waals surface area contributed by atoms with E-state index in [2.05, 4.69) is 10.3 Å². The Morgan fingerprint density at radius 2 is 1.74 bits per heavy atom. The number of fused-ring (bicyclic) bond motifs is 7. The fourth-order valence-corrected chi connectivity index (χ4v) is 13.0. The Hall–Kier alpha value is -2.27. The van der Waals surface area contributed by atoms with E-state index in [1.807, 2.05) is 68.6 Å². The van der Waals surface area contributed by atoms with E-state index in [4.69, 9.17) is 0 Å². The molecule has 35 heavy (non-hydrogen) atoms. The average Bonchev–Trinajstić information content (AvgIpc) is 3.42. The van der Waals surface area contributed by atoms with Crippen LogP contribution in [0.1, 0.15) is 25.0 Å². The molecule has 5 aliphatic rings. The van der Waals surface area contributed by atoms with Gasteiger partial charge in [-0.3, -0.25) is 14.5 Å². The number of H-pyrrole nitrogens is 1. The number of amides is 2. The lowest BCUT2D eigenvalue weighted by Crippen LogP contribution is -2.75. The van der Waals surface area contributed by atoms with Gasteiger partial charge < -0.3 is 20.3 Å². The Balaban J connectivity index is 1.58. The van der Waals surface area contributed by atoms with Gasteiger partial charge in [-0.2, -0.15) is 0 Å². The number of hydrogen-bond donors (Lipinski definition) is 3. The number of nitrogens with zero attached hydrogens (tertiary/aromatic N) is 2. The maximum Gasteiger partial charge on any atom is 0.264 e. The molecule has 0 radical (unpaired) electrons. The molecule has 4 fully saturated rings. The molecule has 0 aliphatic carbocycles. The van der Waals surface area contributed by atoms with Gasteiger partial charge in [-0.05, 0) is 60.6 Å². The van der Waals surface area contributed by atoms with Gasteiger partial charge in [0.2, 0.25) is 4.87 Å². The number of carbonyl (C=O) groups excluding carboxylic acids is 2. The number of aliphatic hydroxyl groups excluding tert-OH is 1. The lowest BCUT2D eigenvalue weighted by atomic mass is 9.70. The van der Waals surface area contributed by atoms with Gasteiger partial charge in [0.1, 0.15) is 12.3 Å². The quantitative estimate of drug-likeness (QED) is 0.437. The van der Waals surface area contributed by atoms with Crippen LogP contribution in [0.5, 0.6) is 0 Å². The number of anilines is 1. The number of carbonyl (C=O) groups is 2. The summed E-state index contributed by atoms with van der Waals surface area (Å²) in [6.45, 7) is 3.96. The zero-order valence-corrected chi connectivity index (χ0v) is 21.8. The van der Waals surface area contributed by atoms with E-state index in [0.717, 1.165) is 27.7 Å². The van der Waals surface area contributed by atoms with Crippen molar-refractivity contribution in [2.45, 2.75) is 41.3 Å². The average molecular weight is 525 g/mol.